The summed E-state index contributed by atoms with van der Waals surface area (Å²) >= 11 is 0. The largest absolute Gasteiger partial charge is 0.490 e. The molecule has 0 aliphatic rings. The third kappa shape index (κ3) is 4.10. The number of rotatable bonds is 6. The number of methoxy groups -OCH3 is 1. The Bertz CT molecular complexity index is 654. The van der Waals surface area contributed by atoms with E-state index in [4.69, 9.17) is 4.74 Å². The molecule has 0 atom stereocenters. The van der Waals surface area contributed by atoms with Gasteiger partial charge < -0.3 is 14.2 Å². The van der Waals surface area contributed by atoms with Gasteiger partial charge in [-0.2, -0.15) is 18.3 Å². The molecule has 0 saturated heterocycles. The Morgan fingerprint density at radius 2 is 2.09 bits per heavy atom. The quantitative estimate of drug-likeness (QED) is 0.603. The van der Waals surface area contributed by atoms with Crippen LogP contribution in [0.4, 0.5) is 13.2 Å². The van der Waals surface area contributed by atoms with Crippen LogP contribution in [0.15, 0.2) is 24.5 Å². The first kappa shape index (κ1) is 16.1. The Hall–Kier alpha value is -2.29. The van der Waals surface area contributed by atoms with Crippen LogP contribution in [0.5, 0.6) is 5.75 Å². The highest BCUT2D eigenvalue weighted by Crippen LogP contribution is 2.17. The lowest BCUT2D eigenvalue weighted by Gasteiger charge is -2.09. The smallest absolute Gasteiger partial charge is 0.411 e. The molecule has 120 valence electrons. The fourth-order valence-corrected chi connectivity index (χ4v) is 1.72. The summed E-state index contributed by atoms with van der Waals surface area (Å²) in [5, 5.41) is 3.98. The van der Waals surface area contributed by atoms with Crippen LogP contribution in [0, 0.1) is 0 Å². The zero-order valence-corrected chi connectivity index (χ0v) is 11.6. The van der Waals surface area contributed by atoms with E-state index >= 15 is 0 Å². The lowest BCUT2D eigenvalue weighted by atomic mass is 10.2. The fraction of sp³-hybridized carbons (Fsp3) is 0.385. The minimum absolute atomic E-state index is 0.0350. The molecule has 0 bridgehead atoms. The van der Waals surface area contributed by atoms with Gasteiger partial charge in [0.1, 0.15) is 24.5 Å². The molecule has 0 saturated carbocycles. The van der Waals surface area contributed by atoms with E-state index < -0.39 is 18.8 Å². The lowest BCUT2D eigenvalue weighted by Crippen LogP contribution is -2.19. The van der Waals surface area contributed by atoms with Crippen molar-refractivity contribution >= 4 is 11.5 Å². The predicted octanol–water partition coefficient (Wildman–Crippen LogP) is 2.08. The Morgan fingerprint density at radius 3 is 2.77 bits per heavy atom. The molecule has 2 aromatic heterocycles. The Morgan fingerprint density at radius 1 is 1.32 bits per heavy atom. The second kappa shape index (κ2) is 6.65. The number of ether oxygens (including phenoxy) is 3. The molecule has 0 aliphatic heterocycles. The molecule has 9 heteroatoms. The van der Waals surface area contributed by atoms with Crippen LogP contribution >= 0.6 is 0 Å². The first-order valence-electron chi connectivity index (χ1n) is 6.24. The van der Waals surface area contributed by atoms with Crippen molar-refractivity contribution in [2.75, 3.05) is 26.9 Å². The summed E-state index contributed by atoms with van der Waals surface area (Å²) in [5.41, 5.74) is 0.843. The third-order valence-corrected chi connectivity index (χ3v) is 2.66. The van der Waals surface area contributed by atoms with E-state index in [0.717, 1.165) is 0 Å². The Kier molecular flexibility index (Phi) is 4.86. The maximum absolute atomic E-state index is 11.9. The van der Waals surface area contributed by atoms with Crippen molar-refractivity contribution in [2.24, 2.45) is 0 Å². The molecule has 2 heterocycles. The molecule has 0 aromatic carbocycles. The molecular formula is C13H13F3N2O4. The van der Waals surface area contributed by atoms with Crippen molar-refractivity contribution in [3.63, 3.8) is 0 Å². The summed E-state index contributed by atoms with van der Waals surface area (Å²) in [6.07, 6.45) is -1.48. The van der Waals surface area contributed by atoms with Gasteiger partial charge in [0.15, 0.2) is 0 Å². The van der Waals surface area contributed by atoms with Gasteiger partial charge in [-0.3, -0.25) is 0 Å². The lowest BCUT2D eigenvalue weighted by molar-refractivity contribution is -0.175. The number of nitrogens with zero attached hydrogens (tertiary/aromatic N) is 2. The summed E-state index contributed by atoms with van der Waals surface area (Å²) in [6.45, 7) is -1.53. The van der Waals surface area contributed by atoms with Gasteiger partial charge in [-0.15, -0.1) is 0 Å². The number of pyridine rings is 1. The molecule has 2 aromatic rings. The summed E-state index contributed by atoms with van der Waals surface area (Å²) in [4.78, 5) is 11.5. The van der Waals surface area contributed by atoms with Gasteiger partial charge in [0, 0.05) is 0 Å². The molecule has 6 nitrogen and oxygen atoms in total. The van der Waals surface area contributed by atoms with Crippen molar-refractivity contribution in [3.05, 3.63) is 30.1 Å². The highest BCUT2D eigenvalue weighted by atomic mass is 19.4. The Balaban J connectivity index is 1.92. The molecular weight excluding hydrogens is 305 g/mol. The summed E-state index contributed by atoms with van der Waals surface area (Å²) < 4.78 is 51.3. The molecule has 0 N–H and O–H groups in total. The molecule has 2 rings (SSSR count). The van der Waals surface area contributed by atoms with Crippen LogP contribution in [-0.2, 0) is 9.47 Å². The van der Waals surface area contributed by atoms with Crippen molar-refractivity contribution in [3.8, 4) is 5.75 Å². The van der Waals surface area contributed by atoms with Gasteiger partial charge in [0.25, 0.3) is 0 Å². The number of hydrogen-bond donors (Lipinski definition) is 0. The van der Waals surface area contributed by atoms with Gasteiger partial charge >= 0.3 is 12.1 Å². The predicted molar refractivity (Wildman–Crippen MR) is 68.9 cm³/mol. The number of carbonyl (C=O) groups is 1. The van der Waals surface area contributed by atoms with Gasteiger partial charge in [-0.25, -0.2) is 9.31 Å². The number of hydrogen-bond acceptors (Lipinski definition) is 5. The normalized spacial score (nSPS) is 11.6. The average Bonchev–Trinajstić information content (AvgIpc) is 2.88. The van der Waals surface area contributed by atoms with E-state index in [-0.39, 0.29) is 13.2 Å². The van der Waals surface area contributed by atoms with E-state index in [1.807, 2.05) is 0 Å². The maximum Gasteiger partial charge on any atom is 0.411 e. The summed E-state index contributed by atoms with van der Waals surface area (Å²) in [5.74, 6) is -0.119. The van der Waals surface area contributed by atoms with Gasteiger partial charge in [0.2, 0.25) is 0 Å². The van der Waals surface area contributed by atoms with Gasteiger partial charge in [-0.05, 0) is 12.1 Å². The van der Waals surface area contributed by atoms with E-state index in [2.05, 4.69) is 14.6 Å². The zero-order valence-electron chi connectivity index (χ0n) is 11.6. The Labute approximate surface area is 123 Å². The molecule has 22 heavy (non-hydrogen) atoms. The minimum atomic E-state index is -4.35. The first-order chi connectivity index (χ1) is 10.4. The number of esters is 1. The zero-order chi connectivity index (χ0) is 16.2. The monoisotopic (exact) mass is 318 g/mol. The van der Waals surface area contributed by atoms with Gasteiger partial charge in [-0.1, -0.05) is 0 Å². The summed E-state index contributed by atoms with van der Waals surface area (Å²) in [6, 6.07) is 3.18. The standard InChI is InChI=1S/C13H13F3N2O4/c1-20-12(19)10-6-17-18-7-9(2-3-11(10)18)22-5-4-21-8-13(14,15)16/h2-3,6-7H,4-5,8H2,1H3. The van der Waals surface area contributed by atoms with E-state index in [9.17, 15) is 18.0 Å². The topological polar surface area (TPSA) is 62.1 Å². The maximum atomic E-state index is 11.9. The van der Waals surface area contributed by atoms with Crippen molar-refractivity contribution in [2.45, 2.75) is 6.18 Å². The van der Waals surface area contributed by atoms with E-state index in [1.54, 1.807) is 12.1 Å². The molecule has 0 amide bonds. The highest BCUT2D eigenvalue weighted by Gasteiger charge is 2.27. The van der Waals surface area contributed by atoms with Crippen LogP contribution in [0.25, 0.3) is 5.52 Å². The fourth-order valence-electron chi connectivity index (χ4n) is 1.72. The van der Waals surface area contributed by atoms with Crippen LogP contribution in [0.3, 0.4) is 0 Å². The van der Waals surface area contributed by atoms with Crippen LogP contribution in [0.1, 0.15) is 10.4 Å². The third-order valence-electron chi connectivity index (χ3n) is 2.66. The number of aromatic nitrogens is 2. The molecule has 0 aliphatic carbocycles. The number of carbonyl (C=O) groups excluding carboxylic acids is 1. The second-order valence-electron chi connectivity index (χ2n) is 4.26. The van der Waals surface area contributed by atoms with E-state index in [0.29, 0.717) is 16.8 Å². The summed E-state index contributed by atoms with van der Waals surface area (Å²) in [7, 11) is 1.27. The number of alkyl halides is 3. The van der Waals surface area contributed by atoms with Crippen LogP contribution in [-0.4, -0.2) is 48.7 Å². The molecule has 0 radical (unpaired) electrons. The molecule has 0 unspecified atom stereocenters. The van der Waals surface area contributed by atoms with Crippen molar-refractivity contribution in [1.29, 1.82) is 0 Å². The number of halogens is 3. The van der Waals surface area contributed by atoms with Crippen LogP contribution < -0.4 is 4.74 Å². The minimum Gasteiger partial charge on any atom is -0.490 e. The second-order valence-corrected chi connectivity index (χ2v) is 4.26. The first-order valence-corrected chi connectivity index (χ1v) is 6.24. The number of fused-ring (bicyclic) bond motifs is 1. The molecule has 0 fully saturated rings. The van der Waals surface area contributed by atoms with Crippen molar-refractivity contribution in [1.82, 2.24) is 9.61 Å². The molecule has 0 spiro atoms. The van der Waals surface area contributed by atoms with Crippen LogP contribution in [0.2, 0.25) is 0 Å². The van der Waals surface area contributed by atoms with Gasteiger partial charge in [0.05, 0.1) is 31.6 Å². The average molecular weight is 318 g/mol. The highest BCUT2D eigenvalue weighted by molar-refractivity contribution is 5.96. The SMILES string of the molecule is COC(=O)c1cnn2cc(OCCOCC(F)(F)F)ccc12. The van der Waals surface area contributed by atoms with E-state index in [1.165, 1.54) is 24.0 Å². The van der Waals surface area contributed by atoms with Crippen molar-refractivity contribution < 1.29 is 32.2 Å².